The van der Waals surface area contributed by atoms with E-state index < -0.39 is 0 Å². The van der Waals surface area contributed by atoms with Gasteiger partial charge in [-0.2, -0.15) is 0 Å². The van der Waals surface area contributed by atoms with Crippen LogP contribution >= 0.6 is 0 Å². The zero-order valence-electron chi connectivity index (χ0n) is 17.0. The summed E-state index contributed by atoms with van der Waals surface area (Å²) in [7, 11) is 0. The van der Waals surface area contributed by atoms with Crippen molar-refractivity contribution in [3.63, 3.8) is 0 Å². The lowest BCUT2D eigenvalue weighted by molar-refractivity contribution is -0.134. The average molecular weight is 388 g/mol. The number of imidazole rings is 1. The molecule has 1 aromatic heterocycles. The molecule has 28 heavy (non-hydrogen) atoms. The van der Waals surface area contributed by atoms with Crippen LogP contribution in [0, 0.1) is 11.8 Å². The summed E-state index contributed by atoms with van der Waals surface area (Å²) in [5.41, 5.74) is 1.05. The molecule has 0 bridgehead atoms. The average Bonchev–Trinajstić information content (AvgIpc) is 3.50. The molecule has 0 radical (unpaired) electrons. The van der Waals surface area contributed by atoms with Gasteiger partial charge in [0.1, 0.15) is 0 Å². The molecule has 3 heterocycles. The van der Waals surface area contributed by atoms with Gasteiger partial charge >= 0.3 is 0 Å². The standard InChI is InChI=1S/C21H33N5O2/c1-2-24-15-22-12-19(24)13-23-20(27)17-4-3-9-26(14-17)18-7-10-25(11-8-18)21(28)16-5-6-16/h12,15-18H,2-11,13-14H2,1H3,(H,23,27)/t17-/m0/s1. The summed E-state index contributed by atoms with van der Waals surface area (Å²) in [5.74, 6) is 0.928. The highest BCUT2D eigenvalue weighted by atomic mass is 16.2. The molecule has 0 spiro atoms. The van der Waals surface area contributed by atoms with Crippen molar-refractivity contribution in [1.82, 2.24) is 24.7 Å². The lowest BCUT2D eigenvalue weighted by atomic mass is 9.93. The van der Waals surface area contributed by atoms with Gasteiger partial charge in [-0.15, -0.1) is 0 Å². The lowest BCUT2D eigenvalue weighted by Crippen LogP contribution is -2.51. The number of amides is 2. The molecule has 2 saturated heterocycles. The number of hydrogen-bond donors (Lipinski definition) is 1. The van der Waals surface area contributed by atoms with Gasteiger partial charge < -0.3 is 14.8 Å². The Balaban J connectivity index is 1.25. The van der Waals surface area contributed by atoms with E-state index in [1.165, 1.54) is 0 Å². The van der Waals surface area contributed by atoms with Crippen LogP contribution in [0.4, 0.5) is 0 Å². The molecular weight excluding hydrogens is 354 g/mol. The summed E-state index contributed by atoms with van der Waals surface area (Å²) < 4.78 is 2.06. The van der Waals surface area contributed by atoms with Crippen LogP contribution in [-0.2, 0) is 22.7 Å². The first-order valence-corrected chi connectivity index (χ1v) is 10.9. The van der Waals surface area contributed by atoms with Crippen LogP contribution in [0.5, 0.6) is 0 Å². The molecular formula is C21H33N5O2. The van der Waals surface area contributed by atoms with Crippen LogP contribution in [0.1, 0.15) is 51.1 Å². The highest BCUT2D eigenvalue weighted by Crippen LogP contribution is 2.32. The summed E-state index contributed by atoms with van der Waals surface area (Å²) in [4.78, 5) is 33.7. The predicted octanol–water partition coefficient (Wildman–Crippen LogP) is 1.63. The van der Waals surface area contributed by atoms with Crippen LogP contribution in [0.25, 0.3) is 0 Å². The van der Waals surface area contributed by atoms with Crippen molar-refractivity contribution >= 4 is 11.8 Å². The van der Waals surface area contributed by atoms with E-state index in [9.17, 15) is 9.59 Å². The maximum absolute atomic E-state index is 12.7. The fourth-order valence-electron chi connectivity index (χ4n) is 4.69. The molecule has 0 aromatic carbocycles. The van der Waals surface area contributed by atoms with E-state index in [-0.39, 0.29) is 11.8 Å². The predicted molar refractivity (Wildman–Crippen MR) is 106 cm³/mol. The highest BCUT2D eigenvalue weighted by molar-refractivity contribution is 5.81. The Kier molecular flexibility index (Phi) is 5.99. The summed E-state index contributed by atoms with van der Waals surface area (Å²) in [5, 5.41) is 3.12. The first-order valence-electron chi connectivity index (χ1n) is 10.9. The number of nitrogens with one attached hydrogen (secondary N) is 1. The van der Waals surface area contributed by atoms with Gasteiger partial charge in [0, 0.05) is 44.3 Å². The number of carbonyl (C=O) groups is 2. The topological polar surface area (TPSA) is 70.5 Å². The number of carbonyl (C=O) groups excluding carboxylic acids is 2. The van der Waals surface area contributed by atoms with Gasteiger partial charge in [-0.25, -0.2) is 4.98 Å². The number of piperidine rings is 2. The van der Waals surface area contributed by atoms with Crippen molar-refractivity contribution in [3.05, 3.63) is 18.2 Å². The minimum Gasteiger partial charge on any atom is -0.350 e. The molecule has 3 aliphatic rings. The molecule has 1 aliphatic carbocycles. The molecule has 2 amide bonds. The number of hydrogen-bond acceptors (Lipinski definition) is 4. The molecule has 7 nitrogen and oxygen atoms in total. The largest absolute Gasteiger partial charge is 0.350 e. The molecule has 0 unspecified atom stereocenters. The van der Waals surface area contributed by atoms with E-state index in [0.717, 1.165) is 76.9 Å². The van der Waals surface area contributed by atoms with E-state index >= 15 is 0 Å². The second-order valence-electron chi connectivity index (χ2n) is 8.55. The van der Waals surface area contributed by atoms with Crippen molar-refractivity contribution in [1.29, 1.82) is 0 Å². The molecule has 2 aliphatic heterocycles. The van der Waals surface area contributed by atoms with Gasteiger partial charge in [-0.1, -0.05) is 0 Å². The van der Waals surface area contributed by atoms with E-state index in [1.54, 1.807) is 0 Å². The molecule has 3 fully saturated rings. The number of nitrogens with zero attached hydrogens (tertiary/aromatic N) is 4. The third kappa shape index (κ3) is 4.40. The fourth-order valence-corrected chi connectivity index (χ4v) is 4.69. The minimum atomic E-state index is 0.0675. The Morgan fingerprint density at radius 3 is 2.61 bits per heavy atom. The van der Waals surface area contributed by atoms with Gasteiger partial charge in [0.25, 0.3) is 0 Å². The van der Waals surface area contributed by atoms with E-state index in [0.29, 0.717) is 24.4 Å². The van der Waals surface area contributed by atoms with Crippen LogP contribution in [0.3, 0.4) is 0 Å². The Hall–Kier alpha value is -1.89. The highest BCUT2D eigenvalue weighted by Gasteiger charge is 2.37. The third-order valence-electron chi connectivity index (χ3n) is 6.63. The Morgan fingerprint density at radius 2 is 1.89 bits per heavy atom. The fraction of sp³-hybridized carbons (Fsp3) is 0.762. The number of likely N-dealkylation sites (tertiary alicyclic amines) is 2. The molecule has 7 heteroatoms. The quantitative estimate of drug-likeness (QED) is 0.805. The summed E-state index contributed by atoms with van der Waals surface area (Å²) >= 11 is 0. The second-order valence-corrected chi connectivity index (χ2v) is 8.55. The Morgan fingerprint density at radius 1 is 1.11 bits per heavy atom. The Labute approximate surface area is 167 Å². The van der Waals surface area contributed by atoms with Gasteiger partial charge in [-0.05, 0) is 52.0 Å². The zero-order valence-corrected chi connectivity index (χ0v) is 17.0. The summed E-state index contributed by atoms with van der Waals surface area (Å²) in [6, 6.07) is 0.514. The maximum Gasteiger partial charge on any atom is 0.225 e. The zero-order chi connectivity index (χ0) is 19.5. The van der Waals surface area contributed by atoms with Gasteiger partial charge in [0.2, 0.25) is 11.8 Å². The van der Waals surface area contributed by atoms with Crippen molar-refractivity contribution in [2.24, 2.45) is 11.8 Å². The van der Waals surface area contributed by atoms with E-state index in [4.69, 9.17) is 0 Å². The number of aromatic nitrogens is 2. The van der Waals surface area contributed by atoms with Gasteiger partial charge in [0.05, 0.1) is 24.5 Å². The number of aryl methyl sites for hydroxylation is 1. The Bertz CT molecular complexity index is 691. The summed E-state index contributed by atoms with van der Waals surface area (Å²) in [6.45, 7) is 7.18. The van der Waals surface area contributed by atoms with Crippen molar-refractivity contribution < 1.29 is 9.59 Å². The van der Waals surface area contributed by atoms with Crippen LogP contribution < -0.4 is 5.32 Å². The molecule has 1 aromatic rings. The van der Waals surface area contributed by atoms with Gasteiger partial charge in [-0.3, -0.25) is 14.5 Å². The van der Waals surface area contributed by atoms with Crippen molar-refractivity contribution in [2.75, 3.05) is 26.2 Å². The normalized spacial score (nSPS) is 24.3. The van der Waals surface area contributed by atoms with E-state index in [1.807, 2.05) is 12.5 Å². The van der Waals surface area contributed by atoms with E-state index in [2.05, 4.69) is 31.6 Å². The maximum atomic E-state index is 12.7. The van der Waals surface area contributed by atoms with Gasteiger partial charge in [0.15, 0.2) is 0 Å². The second kappa shape index (κ2) is 8.64. The first-order chi connectivity index (χ1) is 13.7. The van der Waals surface area contributed by atoms with Crippen LogP contribution in [0.15, 0.2) is 12.5 Å². The third-order valence-corrected chi connectivity index (χ3v) is 6.63. The first kappa shape index (κ1) is 19.4. The smallest absolute Gasteiger partial charge is 0.225 e. The SMILES string of the molecule is CCn1cncc1CNC(=O)[C@H]1CCCN(C2CCN(C(=O)C3CC3)CC2)C1. The molecule has 1 saturated carbocycles. The molecule has 1 atom stereocenters. The van der Waals surface area contributed by atoms with Crippen molar-refractivity contribution in [3.8, 4) is 0 Å². The minimum absolute atomic E-state index is 0.0675. The lowest BCUT2D eigenvalue weighted by Gasteiger charge is -2.42. The molecule has 1 N–H and O–H groups in total. The molecule has 4 rings (SSSR count). The number of rotatable bonds is 6. The van der Waals surface area contributed by atoms with Crippen LogP contribution in [-0.4, -0.2) is 63.4 Å². The van der Waals surface area contributed by atoms with Crippen molar-refractivity contribution in [2.45, 2.75) is 64.6 Å². The monoisotopic (exact) mass is 387 g/mol. The van der Waals surface area contributed by atoms with Crippen LogP contribution in [0.2, 0.25) is 0 Å². The molecule has 154 valence electrons. The summed E-state index contributed by atoms with van der Waals surface area (Å²) in [6.07, 6.45) is 9.94.